The summed E-state index contributed by atoms with van der Waals surface area (Å²) in [5.41, 5.74) is 3.02. The standard InChI is InChI=1S/C17H19N5O/c1-12-4-6-13(7-5-12)22-17-15(10-21-22)16(19-11-20-17)18-9-14-3-2-8-23-14/h4-7,10-11,14H,2-3,8-9H2,1H3,(H,18,19,20). The van der Waals surface area contributed by atoms with Crippen LogP contribution in [0.5, 0.6) is 0 Å². The number of aryl methyl sites for hydroxylation is 1. The maximum Gasteiger partial charge on any atom is 0.168 e. The van der Waals surface area contributed by atoms with Crippen molar-refractivity contribution < 1.29 is 4.74 Å². The number of fused-ring (bicyclic) bond motifs is 1. The lowest BCUT2D eigenvalue weighted by molar-refractivity contribution is 0.120. The Balaban J connectivity index is 1.64. The Kier molecular flexibility index (Phi) is 3.67. The molecule has 0 radical (unpaired) electrons. The van der Waals surface area contributed by atoms with E-state index in [0.29, 0.717) is 0 Å². The second-order valence-electron chi connectivity index (χ2n) is 5.87. The number of nitrogens with one attached hydrogen (secondary N) is 1. The molecule has 1 aliphatic rings. The van der Waals surface area contributed by atoms with Gasteiger partial charge in [-0.25, -0.2) is 14.6 Å². The minimum absolute atomic E-state index is 0.271. The summed E-state index contributed by atoms with van der Waals surface area (Å²) in [5.74, 6) is 0.809. The number of rotatable bonds is 4. The van der Waals surface area contributed by atoms with Crippen LogP contribution in [-0.4, -0.2) is 39.0 Å². The molecule has 0 amide bonds. The first kappa shape index (κ1) is 14.1. The van der Waals surface area contributed by atoms with Gasteiger partial charge in [-0.05, 0) is 31.9 Å². The van der Waals surface area contributed by atoms with E-state index in [1.165, 1.54) is 5.56 Å². The van der Waals surface area contributed by atoms with E-state index in [4.69, 9.17) is 4.74 Å². The van der Waals surface area contributed by atoms with Crippen LogP contribution in [-0.2, 0) is 4.74 Å². The zero-order valence-corrected chi connectivity index (χ0v) is 13.1. The Hall–Kier alpha value is -2.47. The minimum atomic E-state index is 0.271. The molecule has 4 rings (SSSR count). The Morgan fingerprint density at radius 1 is 1.26 bits per heavy atom. The maximum absolute atomic E-state index is 5.65. The minimum Gasteiger partial charge on any atom is -0.376 e. The first-order valence-corrected chi connectivity index (χ1v) is 7.92. The van der Waals surface area contributed by atoms with Gasteiger partial charge in [0.2, 0.25) is 0 Å². The van der Waals surface area contributed by atoms with Crippen molar-refractivity contribution in [2.45, 2.75) is 25.9 Å². The molecule has 1 N–H and O–H groups in total. The highest BCUT2D eigenvalue weighted by atomic mass is 16.5. The van der Waals surface area contributed by atoms with Crippen molar-refractivity contribution in [3.8, 4) is 5.69 Å². The molecule has 3 heterocycles. The van der Waals surface area contributed by atoms with Crippen LogP contribution < -0.4 is 5.32 Å². The SMILES string of the molecule is Cc1ccc(-n2ncc3c(NCC4CCCO4)ncnc32)cc1. The van der Waals surface area contributed by atoms with Gasteiger partial charge in [-0.15, -0.1) is 0 Å². The first-order valence-electron chi connectivity index (χ1n) is 7.92. The molecule has 0 saturated carbocycles. The predicted octanol–water partition coefficient (Wildman–Crippen LogP) is 2.71. The summed E-state index contributed by atoms with van der Waals surface area (Å²) in [5, 5.41) is 8.77. The van der Waals surface area contributed by atoms with Crippen LogP contribution in [0.1, 0.15) is 18.4 Å². The predicted molar refractivity (Wildman–Crippen MR) is 88.9 cm³/mol. The van der Waals surface area contributed by atoms with Crippen molar-refractivity contribution in [1.82, 2.24) is 19.7 Å². The van der Waals surface area contributed by atoms with Gasteiger partial charge in [0.05, 0.1) is 23.4 Å². The average Bonchev–Trinajstić information content (AvgIpc) is 3.23. The summed E-state index contributed by atoms with van der Waals surface area (Å²) < 4.78 is 7.49. The summed E-state index contributed by atoms with van der Waals surface area (Å²) in [6.07, 6.45) is 5.90. The van der Waals surface area contributed by atoms with Crippen LogP contribution in [0.3, 0.4) is 0 Å². The summed E-state index contributed by atoms with van der Waals surface area (Å²) in [7, 11) is 0. The summed E-state index contributed by atoms with van der Waals surface area (Å²) >= 11 is 0. The van der Waals surface area contributed by atoms with Gasteiger partial charge in [-0.3, -0.25) is 0 Å². The Bertz CT molecular complexity index is 805. The van der Waals surface area contributed by atoms with Gasteiger partial charge in [-0.1, -0.05) is 17.7 Å². The Morgan fingerprint density at radius 2 is 2.13 bits per heavy atom. The number of ether oxygens (including phenoxy) is 1. The topological polar surface area (TPSA) is 64.9 Å². The van der Waals surface area contributed by atoms with Crippen LogP contribution in [0.25, 0.3) is 16.7 Å². The molecule has 6 nitrogen and oxygen atoms in total. The molecule has 1 unspecified atom stereocenters. The van der Waals surface area contributed by atoms with Crippen molar-refractivity contribution in [1.29, 1.82) is 0 Å². The zero-order valence-electron chi connectivity index (χ0n) is 13.1. The fraction of sp³-hybridized carbons (Fsp3) is 0.353. The molecule has 1 saturated heterocycles. The van der Waals surface area contributed by atoms with Gasteiger partial charge >= 0.3 is 0 Å². The van der Waals surface area contributed by atoms with E-state index >= 15 is 0 Å². The molecule has 1 aliphatic heterocycles. The molecule has 1 atom stereocenters. The van der Waals surface area contributed by atoms with Crippen molar-refractivity contribution in [3.05, 3.63) is 42.4 Å². The maximum atomic E-state index is 5.65. The molecule has 3 aromatic rings. The molecule has 2 aromatic heterocycles. The number of anilines is 1. The van der Waals surface area contributed by atoms with Crippen molar-refractivity contribution >= 4 is 16.9 Å². The van der Waals surface area contributed by atoms with Crippen LogP contribution in [0.4, 0.5) is 5.82 Å². The molecule has 1 aromatic carbocycles. The number of nitrogens with zero attached hydrogens (tertiary/aromatic N) is 4. The lowest BCUT2D eigenvalue weighted by Gasteiger charge is -2.11. The van der Waals surface area contributed by atoms with Crippen molar-refractivity contribution in [2.75, 3.05) is 18.5 Å². The summed E-state index contributed by atoms with van der Waals surface area (Å²) in [4.78, 5) is 8.76. The van der Waals surface area contributed by atoms with Gasteiger partial charge in [0.25, 0.3) is 0 Å². The zero-order chi connectivity index (χ0) is 15.6. The van der Waals surface area contributed by atoms with E-state index in [1.807, 2.05) is 23.0 Å². The molecule has 0 bridgehead atoms. The summed E-state index contributed by atoms with van der Waals surface area (Å²) in [6, 6.07) is 8.23. The largest absolute Gasteiger partial charge is 0.376 e. The van der Waals surface area contributed by atoms with E-state index in [0.717, 1.165) is 48.5 Å². The fourth-order valence-corrected chi connectivity index (χ4v) is 2.88. The van der Waals surface area contributed by atoms with Crippen molar-refractivity contribution in [2.24, 2.45) is 0 Å². The van der Waals surface area contributed by atoms with E-state index < -0.39 is 0 Å². The van der Waals surface area contributed by atoms with Gasteiger partial charge in [0.15, 0.2) is 5.65 Å². The highest BCUT2D eigenvalue weighted by Gasteiger charge is 2.17. The average molecular weight is 309 g/mol. The lowest BCUT2D eigenvalue weighted by Crippen LogP contribution is -2.19. The van der Waals surface area contributed by atoms with E-state index in [9.17, 15) is 0 Å². The number of hydrogen-bond donors (Lipinski definition) is 1. The van der Waals surface area contributed by atoms with Gasteiger partial charge in [0, 0.05) is 13.2 Å². The van der Waals surface area contributed by atoms with E-state index in [2.05, 4.69) is 39.4 Å². The molecule has 1 fully saturated rings. The lowest BCUT2D eigenvalue weighted by atomic mass is 10.2. The normalized spacial score (nSPS) is 17.7. The Morgan fingerprint density at radius 3 is 2.91 bits per heavy atom. The molecule has 0 aliphatic carbocycles. The Labute approximate surface area is 134 Å². The third-order valence-electron chi connectivity index (χ3n) is 4.17. The fourth-order valence-electron chi connectivity index (χ4n) is 2.88. The second kappa shape index (κ2) is 5.96. The molecular weight excluding hydrogens is 290 g/mol. The van der Waals surface area contributed by atoms with E-state index in [1.54, 1.807) is 6.33 Å². The van der Waals surface area contributed by atoms with Gasteiger partial charge in [-0.2, -0.15) is 5.10 Å². The highest BCUT2D eigenvalue weighted by Crippen LogP contribution is 2.22. The molecule has 23 heavy (non-hydrogen) atoms. The van der Waals surface area contributed by atoms with Crippen molar-refractivity contribution in [3.63, 3.8) is 0 Å². The highest BCUT2D eigenvalue weighted by molar-refractivity contribution is 5.87. The molecular formula is C17H19N5O. The third-order valence-corrected chi connectivity index (χ3v) is 4.17. The third kappa shape index (κ3) is 2.77. The quantitative estimate of drug-likeness (QED) is 0.803. The van der Waals surface area contributed by atoms with Crippen LogP contribution in [0.2, 0.25) is 0 Å². The second-order valence-corrected chi connectivity index (χ2v) is 5.87. The molecule has 118 valence electrons. The monoisotopic (exact) mass is 309 g/mol. The van der Waals surface area contributed by atoms with Gasteiger partial charge in [0.1, 0.15) is 12.1 Å². The van der Waals surface area contributed by atoms with E-state index in [-0.39, 0.29) is 6.10 Å². The molecule has 0 spiro atoms. The smallest absolute Gasteiger partial charge is 0.168 e. The van der Waals surface area contributed by atoms with Crippen LogP contribution >= 0.6 is 0 Å². The van der Waals surface area contributed by atoms with Crippen LogP contribution in [0.15, 0.2) is 36.8 Å². The number of hydrogen-bond acceptors (Lipinski definition) is 5. The first-order chi connectivity index (χ1) is 11.3. The number of benzene rings is 1. The van der Waals surface area contributed by atoms with Crippen LogP contribution in [0, 0.1) is 6.92 Å². The number of aromatic nitrogens is 4. The van der Waals surface area contributed by atoms with Gasteiger partial charge < -0.3 is 10.1 Å². The molecule has 6 heteroatoms. The summed E-state index contributed by atoms with van der Waals surface area (Å²) in [6.45, 7) is 3.69.